The monoisotopic (exact) mass is 388 g/mol. The fourth-order valence-electron chi connectivity index (χ4n) is 3.10. The molecule has 6 nitrogen and oxygen atoms in total. The average Bonchev–Trinajstić information content (AvgIpc) is 3.08. The van der Waals surface area contributed by atoms with E-state index in [1.807, 2.05) is 6.07 Å². The van der Waals surface area contributed by atoms with Gasteiger partial charge in [-0.15, -0.1) is 0 Å². The Hall–Kier alpha value is -2.73. The standard InChI is InChI=1S/C20H21ClN2O4/c1-26-16-8-3-13(18(11-16)27-2)12-22-19(24)17-9-10-23(20(17)25)15-6-4-14(21)5-7-15/h3-8,11,17H,9-10,12H2,1-2H3,(H,22,24)/t17-/m1/s1. The lowest BCUT2D eigenvalue weighted by molar-refractivity contribution is -0.132. The minimum Gasteiger partial charge on any atom is -0.497 e. The number of anilines is 1. The van der Waals surface area contributed by atoms with Crippen molar-refractivity contribution in [2.45, 2.75) is 13.0 Å². The quantitative estimate of drug-likeness (QED) is 0.772. The third-order valence-corrected chi connectivity index (χ3v) is 4.86. The van der Waals surface area contributed by atoms with Crippen LogP contribution < -0.4 is 19.7 Å². The molecule has 1 aliphatic rings. The van der Waals surface area contributed by atoms with Crippen LogP contribution in [-0.2, 0) is 16.1 Å². The molecule has 0 aromatic heterocycles. The molecule has 2 amide bonds. The number of halogens is 1. The van der Waals surface area contributed by atoms with Crippen molar-refractivity contribution in [1.82, 2.24) is 5.32 Å². The maximum Gasteiger partial charge on any atom is 0.239 e. The van der Waals surface area contributed by atoms with Gasteiger partial charge in [-0.25, -0.2) is 0 Å². The van der Waals surface area contributed by atoms with Gasteiger partial charge in [0.2, 0.25) is 11.8 Å². The first-order valence-corrected chi connectivity index (χ1v) is 8.97. The zero-order valence-corrected chi connectivity index (χ0v) is 16.0. The number of hydrogen-bond acceptors (Lipinski definition) is 4. The molecule has 1 N–H and O–H groups in total. The van der Waals surface area contributed by atoms with Crippen molar-refractivity contribution in [3.05, 3.63) is 53.1 Å². The van der Waals surface area contributed by atoms with E-state index in [4.69, 9.17) is 21.1 Å². The molecule has 0 unspecified atom stereocenters. The molecule has 3 rings (SSSR count). The number of methoxy groups -OCH3 is 2. The lowest BCUT2D eigenvalue weighted by Gasteiger charge is -2.17. The predicted octanol–water partition coefficient (Wildman–Crippen LogP) is 3.03. The zero-order valence-electron chi connectivity index (χ0n) is 15.2. The van der Waals surface area contributed by atoms with Gasteiger partial charge in [0.1, 0.15) is 17.4 Å². The predicted molar refractivity (Wildman–Crippen MR) is 103 cm³/mol. The summed E-state index contributed by atoms with van der Waals surface area (Å²) in [5.74, 6) is 0.123. The van der Waals surface area contributed by atoms with Gasteiger partial charge in [-0.05, 0) is 42.8 Å². The molecule has 0 bridgehead atoms. The molecule has 0 saturated carbocycles. The van der Waals surface area contributed by atoms with E-state index in [1.54, 1.807) is 55.5 Å². The lowest BCUT2D eigenvalue weighted by atomic mass is 10.1. The van der Waals surface area contributed by atoms with Crippen LogP contribution in [0.2, 0.25) is 5.02 Å². The second-order valence-corrected chi connectivity index (χ2v) is 6.64. The van der Waals surface area contributed by atoms with Gasteiger partial charge in [0, 0.05) is 35.4 Å². The third kappa shape index (κ3) is 4.17. The molecule has 142 valence electrons. The molecular formula is C20H21ClN2O4. The van der Waals surface area contributed by atoms with Crippen molar-refractivity contribution < 1.29 is 19.1 Å². The Bertz CT molecular complexity index is 838. The summed E-state index contributed by atoms with van der Waals surface area (Å²) in [6, 6.07) is 12.4. The highest BCUT2D eigenvalue weighted by Crippen LogP contribution is 2.27. The molecule has 1 aliphatic heterocycles. The van der Waals surface area contributed by atoms with Crippen molar-refractivity contribution in [2.75, 3.05) is 25.7 Å². The van der Waals surface area contributed by atoms with E-state index in [2.05, 4.69) is 5.32 Å². The minimum absolute atomic E-state index is 0.198. The van der Waals surface area contributed by atoms with Gasteiger partial charge < -0.3 is 19.7 Å². The van der Waals surface area contributed by atoms with E-state index in [0.717, 1.165) is 11.3 Å². The third-order valence-electron chi connectivity index (χ3n) is 4.61. The van der Waals surface area contributed by atoms with Crippen molar-refractivity contribution in [3.63, 3.8) is 0 Å². The highest BCUT2D eigenvalue weighted by molar-refractivity contribution is 6.30. The number of nitrogens with zero attached hydrogens (tertiary/aromatic N) is 1. The highest BCUT2D eigenvalue weighted by Gasteiger charge is 2.37. The van der Waals surface area contributed by atoms with E-state index in [-0.39, 0.29) is 18.4 Å². The van der Waals surface area contributed by atoms with Gasteiger partial charge in [-0.2, -0.15) is 0 Å². The first kappa shape index (κ1) is 19.0. The van der Waals surface area contributed by atoms with Crippen molar-refractivity contribution >= 4 is 29.1 Å². The van der Waals surface area contributed by atoms with E-state index in [9.17, 15) is 9.59 Å². The summed E-state index contributed by atoms with van der Waals surface area (Å²) in [6.45, 7) is 0.779. The topological polar surface area (TPSA) is 67.9 Å². The Kier molecular flexibility index (Phi) is 5.86. The van der Waals surface area contributed by atoms with Crippen LogP contribution in [0, 0.1) is 5.92 Å². The molecule has 1 atom stereocenters. The second kappa shape index (κ2) is 8.31. The Morgan fingerprint density at radius 3 is 2.59 bits per heavy atom. The first-order valence-electron chi connectivity index (χ1n) is 8.59. The number of ether oxygens (including phenoxy) is 2. The van der Waals surface area contributed by atoms with Crippen LogP contribution in [0.3, 0.4) is 0 Å². The Balaban J connectivity index is 1.63. The summed E-state index contributed by atoms with van der Waals surface area (Å²) in [4.78, 5) is 26.8. The Labute approximate surface area is 163 Å². The number of hydrogen-bond donors (Lipinski definition) is 1. The number of amides is 2. The van der Waals surface area contributed by atoms with Crippen LogP contribution in [0.4, 0.5) is 5.69 Å². The number of rotatable bonds is 6. The Morgan fingerprint density at radius 2 is 1.93 bits per heavy atom. The molecule has 1 heterocycles. The SMILES string of the molecule is COc1ccc(CNC(=O)[C@H]2CCN(c3ccc(Cl)cc3)C2=O)c(OC)c1. The Morgan fingerprint density at radius 1 is 1.19 bits per heavy atom. The fourth-order valence-corrected chi connectivity index (χ4v) is 3.23. The molecule has 0 aliphatic carbocycles. The van der Waals surface area contributed by atoms with E-state index in [0.29, 0.717) is 29.5 Å². The molecule has 0 spiro atoms. The molecule has 7 heteroatoms. The summed E-state index contributed by atoms with van der Waals surface area (Å²) >= 11 is 5.89. The molecule has 27 heavy (non-hydrogen) atoms. The van der Waals surface area contributed by atoms with Crippen molar-refractivity contribution in [2.24, 2.45) is 5.92 Å². The molecule has 1 saturated heterocycles. The van der Waals surface area contributed by atoms with E-state index >= 15 is 0 Å². The van der Waals surface area contributed by atoms with Crippen molar-refractivity contribution in [1.29, 1.82) is 0 Å². The maximum atomic E-state index is 12.6. The van der Waals surface area contributed by atoms with E-state index in [1.165, 1.54) is 0 Å². The zero-order chi connectivity index (χ0) is 19.4. The van der Waals surface area contributed by atoms with Gasteiger partial charge in [0.15, 0.2) is 0 Å². The van der Waals surface area contributed by atoms with Crippen LogP contribution in [-0.4, -0.2) is 32.6 Å². The van der Waals surface area contributed by atoms with Crippen molar-refractivity contribution in [3.8, 4) is 11.5 Å². The minimum atomic E-state index is -0.690. The average molecular weight is 389 g/mol. The summed E-state index contributed by atoms with van der Waals surface area (Å²) in [6.07, 6.45) is 0.479. The number of benzene rings is 2. The van der Waals surface area contributed by atoms with Crippen LogP contribution in [0.15, 0.2) is 42.5 Å². The molecule has 2 aromatic rings. The van der Waals surface area contributed by atoms with Crippen LogP contribution in [0.25, 0.3) is 0 Å². The summed E-state index contributed by atoms with van der Waals surface area (Å²) in [5.41, 5.74) is 1.56. The van der Waals surface area contributed by atoms with Gasteiger partial charge in [0.05, 0.1) is 14.2 Å². The first-order chi connectivity index (χ1) is 13.0. The lowest BCUT2D eigenvalue weighted by Crippen LogP contribution is -2.36. The smallest absolute Gasteiger partial charge is 0.239 e. The number of carbonyl (C=O) groups is 2. The number of nitrogens with one attached hydrogen (secondary N) is 1. The van der Waals surface area contributed by atoms with Crippen LogP contribution in [0.1, 0.15) is 12.0 Å². The van der Waals surface area contributed by atoms with Crippen LogP contribution in [0.5, 0.6) is 11.5 Å². The molecule has 0 radical (unpaired) electrons. The van der Waals surface area contributed by atoms with Gasteiger partial charge >= 0.3 is 0 Å². The van der Waals surface area contributed by atoms with E-state index < -0.39 is 5.92 Å². The fraction of sp³-hybridized carbons (Fsp3) is 0.300. The van der Waals surface area contributed by atoms with Gasteiger partial charge in [0.25, 0.3) is 0 Å². The summed E-state index contributed by atoms with van der Waals surface area (Å²) in [5, 5.41) is 3.44. The largest absolute Gasteiger partial charge is 0.497 e. The summed E-state index contributed by atoms with van der Waals surface area (Å²) in [7, 11) is 3.14. The van der Waals surface area contributed by atoms with Gasteiger partial charge in [-0.1, -0.05) is 11.6 Å². The second-order valence-electron chi connectivity index (χ2n) is 6.20. The normalized spacial score (nSPS) is 16.3. The van der Waals surface area contributed by atoms with Gasteiger partial charge in [-0.3, -0.25) is 9.59 Å². The molecule has 1 fully saturated rings. The molecule has 2 aromatic carbocycles. The maximum absolute atomic E-state index is 12.6. The van der Waals surface area contributed by atoms with Crippen LogP contribution >= 0.6 is 11.6 Å². The molecular weight excluding hydrogens is 368 g/mol. The number of carbonyl (C=O) groups excluding carboxylic acids is 2. The highest BCUT2D eigenvalue weighted by atomic mass is 35.5. The summed E-state index contributed by atoms with van der Waals surface area (Å²) < 4.78 is 10.5.